The number of nitrogens with two attached hydrogens (primary N) is 1. The van der Waals surface area contributed by atoms with Gasteiger partial charge in [0.05, 0.1) is 19.2 Å². The van der Waals surface area contributed by atoms with E-state index in [2.05, 4.69) is 22.1 Å². The van der Waals surface area contributed by atoms with Gasteiger partial charge in [0.15, 0.2) is 0 Å². The fraction of sp³-hybridized carbons (Fsp3) is 0.125. The van der Waals surface area contributed by atoms with Gasteiger partial charge in [-0.25, -0.2) is 0 Å². The molecule has 0 saturated heterocycles. The number of methoxy groups -OCH3 is 1. The minimum absolute atomic E-state index is 0.257. The van der Waals surface area contributed by atoms with Crippen LogP contribution in [0.25, 0.3) is 0 Å². The molecule has 0 atom stereocenters. The quantitative estimate of drug-likeness (QED) is 0.839. The van der Waals surface area contributed by atoms with Crippen LogP contribution in [0.3, 0.4) is 0 Å². The van der Waals surface area contributed by atoms with E-state index in [0.29, 0.717) is 22.6 Å². The summed E-state index contributed by atoms with van der Waals surface area (Å²) in [5.41, 5.74) is 7.05. The van der Waals surface area contributed by atoms with E-state index in [9.17, 15) is 4.79 Å². The van der Waals surface area contributed by atoms with Crippen molar-refractivity contribution in [2.45, 2.75) is 0 Å². The zero-order chi connectivity index (χ0) is 15.1. The first kappa shape index (κ1) is 14.6. The summed E-state index contributed by atoms with van der Waals surface area (Å²) >= 11 is 0. The molecule has 106 valence electrons. The van der Waals surface area contributed by atoms with E-state index in [1.165, 1.54) is 6.20 Å². The summed E-state index contributed by atoms with van der Waals surface area (Å²) in [6.07, 6.45) is 3.08. The van der Waals surface area contributed by atoms with Crippen molar-refractivity contribution in [3.8, 4) is 17.6 Å². The maximum Gasteiger partial charge on any atom is 0.257 e. The SMILES string of the molecule is COc1cccc(NC(=O)c2cncc(C#CCN)c2)c1. The first-order valence-electron chi connectivity index (χ1n) is 6.32. The molecule has 5 heteroatoms. The van der Waals surface area contributed by atoms with Gasteiger partial charge in [0.1, 0.15) is 5.75 Å². The lowest BCUT2D eigenvalue weighted by Crippen LogP contribution is -2.12. The second-order valence-corrected chi connectivity index (χ2v) is 4.15. The summed E-state index contributed by atoms with van der Waals surface area (Å²) < 4.78 is 5.11. The molecule has 0 bridgehead atoms. The van der Waals surface area contributed by atoms with Crippen LogP contribution >= 0.6 is 0 Å². The van der Waals surface area contributed by atoms with Crippen molar-refractivity contribution < 1.29 is 9.53 Å². The van der Waals surface area contributed by atoms with Gasteiger partial charge in [-0.3, -0.25) is 9.78 Å². The molecule has 0 unspecified atom stereocenters. The van der Waals surface area contributed by atoms with Crippen molar-refractivity contribution in [3.05, 3.63) is 53.9 Å². The van der Waals surface area contributed by atoms with Gasteiger partial charge in [0.25, 0.3) is 5.91 Å². The Kier molecular flexibility index (Phi) is 4.91. The van der Waals surface area contributed by atoms with Crippen LogP contribution in [-0.2, 0) is 0 Å². The lowest BCUT2D eigenvalue weighted by atomic mass is 10.2. The van der Waals surface area contributed by atoms with E-state index in [-0.39, 0.29) is 12.5 Å². The fourth-order valence-electron chi connectivity index (χ4n) is 1.69. The number of nitrogens with one attached hydrogen (secondary N) is 1. The van der Waals surface area contributed by atoms with Crippen molar-refractivity contribution in [1.82, 2.24) is 4.98 Å². The van der Waals surface area contributed by atoms with Crippen LogP contribution in [0.2, 0.25) is 0 Å². The number of benzene rings is 1. The Labute approximate surface area is 123 Å². The highest BCUT2D eigenvalue weighted by Gasteiger charge is 2.07. The Bertz CT molecular complexity index is 702. The fourth-order valence-corrected chi connectivity index (χ4v) is 1.69. The van der Waals surface area contributed by atoms with E-state index in [0.717, 1.165) is 0 Å². The van der Waals surface area contributed by atoms with Crippen molar-refractivity contribution in [3.63, 3.8) is 0 Å². The molecule has 2 aromatic rings. The first-order chi connectivity index (χ1) is 10.2. The zero-order valence-corrected chi connectivity index (χ0v) is 11.6. The molecular formula is C16H15N3O2. The van der Waals surface area contributed by atoms with Crippen LogP contribution in [-0.4, -0.2) is 24.5 Å². The minimum atomic E-state index is -0.257. The molecule has 3 N–H and O–H groups in total. The third kappa shape index (κ3) is 4.06. The molecule has 0 saturated carbocycles. The molecule has 1 aromatic heterocycles. The largest absolute Gasteiger partial charge is 0.497 e. The summed E-state index contributed by atoms with van der Waals surface area (Å²) in [6, 6.07) is 8.80. The Balaban J connectivity index is 2.16. The van der Waals surface area contributed by atoms with Gasteiger partial charge in [-0.2, -0.15) is 0 Å². The zero-order valence-electron chi connectivity index (χ0n) is 11.6. The molecule has 0 spiro atoms. The predicted molar refractivity (Wildman–Crippen MR) is 81.1 cm³/mol. The highest BCUT2D eigenvalue weighted by Crippen LogP contribution is 2.17. The van der Waals surface area contributed by atoms with Gasteiger partial charge < -0.3 is 15.8 Å². The number of carbonyl (C=O) groups is 1. The number of anilines is 1. The van der Waals surface area contributed by atoms with Crippen molar-refractivity contribution >= 4 is 11.6 Å². The molecule has 1 aromatic carbocycles. The monoisotopic (exact) mass is 281 g/mol. The highest BCUT2D eigenvalue weighted by atomic mass is 16.5. The number of ether oxygens (including phenoxy) is 1. The number of carbonyl (C=O) groups excluding carboxylic acids is 1. The molecule has 1 amide bonds. The highest BCUT2D eigenvalue weighted by molar-refractivity contribution is 6.04. The molecule has 0 aliphatic heterocycles. The maximum atomic E-state index is 12.2. The molecule has 0 fully saturated rings. The molecule has 1 heterocycles. The number of amides is 1. The third-order valence-electron chi connectivity index (χ3n) is 2.66. The molecule has 5 nitrogen and oxygen atoms in total. The van der Waals surface area contributed by atoms with Crippen molar-refractivity contribution in [2.75, 3.05) is 19.0 Å². The van der Waals surface area contributed by atoms with Crippen molar-refractivity contribution in [1.29, 1.82) is 0 Å². The number of hydrogen-bond acceptors (Lipinski definition) is 4. The Morgan fingerprint density at radius 3 is 3.00 bits per heavy atom. The van der Waals surface area contributed by atoms with Gasteiger partial charge in [-0.1, -0.05) is 17.9 Å². The Morgan fingerprint density at radius 1 is 1.38 bits per heavy atom. The summed E-state index contributed by atoms with van der Waals surface area (Å²) in [5.74, 6) is 5.99. The van der Waals surface area contributed by atoms with E-state index in [4.69, 9.17) is 10.5 Å². The van der Waals surface area contributed by atoms with E-state index >= 15 is 0 Å². The van der Waals surface area contributed by atoms with E-state index in [1.807, 2.05) is 0 Å². The van der Waals surface area contributed by atoms with Crippen LogP contribution in [0.5, 0.6) is 5.75 Å². The average molecular weight is 281 g/mol. The predicted octanol–water partition coefficient (Wildman–Crippen LogP) is 1.65. The summed E-state index contributed by atoms with van der Waals surface area (Å²) in [4.78, 5) is 16.2. The molecule has 21 heavy (non-hydrogen) atoms. The van der Waals surface area contributed by atoms with Crippen LogP contribution in [0.1, 0.15) is 15.9 Å². The third-order valence-corrected chi connectivity index (χ3v) is 2.66. The lowest BCUT2D eigenvalue weighted by Gasteiger charge is -2.07. The second kappa shape index (κ2) is 7.08. The lowest BCUT2D eigenvalue weighted by molar-refractivity contribution is 0.102. The minimum Gasteiger partial charge on any atom is -0.497 e. The number of aromatic nitrogens is 1. The summed E-state index contributed by atoms with van der Waals surface area (Å²) in [7, 11) is 1.57. The molecule has 0 aliphatic rings. The summed E-state index contributed by atoms with van der Waals surface area (Å²) in [6.45, 7) is 0.264. The second-order valence-electron chi connectivity index (χ2n) is 4.15. The van der Waals surface area contributed by atoms with Gasteiger partial charge in [0.2, 0.25) is 0 Å². The van der Waals surface area contributed by atoms with Gasteiger partial charge in [0, 0.05) is 29.7 Å². The molecular weight excluding hydrogens is 266 g/mol. The van der Waals surface area contributed by atoms with Gasteiger partial charge in [-0.15, -0.1) is 0 Å². The topological polar surface area (TPSA) is 77.2 Å². The molecule has 2 rings (SSSR count). The summed E-state index contributed by atoms with van der Waals surface area (Å²) in [5, 5.41) is 2.78. The standard InChI is InChI=1S/C16H15N3O2/c1-21-15-6-2-5-14(9-15)19-16(20)13-8-12(4-3-7-17)10-18-11-13/h2,5-6,8-11H,7,17H2,1H3,(H,19,20). The van der Waals surface area contributed by atoms with Gasteiger partial charge >= 0.3 is 0 Å². The average Bonchev–Trinajstić information content (AvgIpc) is 2.53. The van der Waals surface area contributed by atoms with Crippen LogP contribution < -0.4 is 15.8 Å². The molecule has 0 aliphatic carbocycles. The van der Waals surface area contributed by atoms with E-state index < -0.39 is 0 Å². The Morgan fingerprint density at radius 2 is 2.24 bits per heavy atom. The van der Waals surface area contributed by atoms with Crippen LogP contribution in [0.15, 0.2) is 42.7 Å². The maximum absolute atomic E-state index is 12.2. The number of pyridine rings is 1. The number of rotatable bonds is 3. The first-order valence-corrected chi connectivity index (χ1v) is 6.32. The smallest absolute Gasteiger partial charge is 0.257 e. The van der Waals surface area contributed by atoms with Gasteiger partial charge in [-0.05, 0) is 18.2 Å². The van der Waals surface area contributed by atoms with Crippen LogP contribution in [0, 0.1) is 11.8 Å². The molecule has 0 radical (unpaired) electrons. The Hall–Kier alpha value is -2.84. The van der Waals surface area contributed by atoms with Crippen molar-refractivity contribution in [2.24, 2.45) is 5.73 Å². The normalized spacial score (nSPS) is 9.43. The van der Waals surface area contributed by atoms with Crippen LogP contribution in [0.4, 0.5) is 5.69 Å². The number of nitrogens with zero attached hydrogens (tertiary/aromatic N) is 1. The number of hydrogen-bond donors (Lipinski definition) is 2. The van der Waals surface area contributed by atoms with E-state index in [1.54, 1.807) is 43.6 Å².